The van der Waals surface area contributed by atoms with Crippen molar-refractivity contribution < 1.29 is 19.1 Å². The van der Waals surface area contributed by atoms with Crippen LogP contribution in [-0.4, -0.2) is 17.7 Å². The van der Waals surface area contributed by atoms with E-state index in [-0.39, 0.29) is 5.91 Å². The van der Waals surface area contributed by atoms with E-state index in [1.165, 1.54) is 69.8 Å². The molecule has 1 aliphatic carbocycles. The molecule has 0 spiro atoms. The topological polar surface area (TPSA) is 55.8 Å². The molecule has 5 heteroatoms. The van der Waals surface area contributed by atoms with Gasteiger partial charge in [-0.05, 0) is 54.5 Å². The Morgan fingerprint density at radius 1 is 0.921 bits per heavy atom. The van der Waals surface area contributed by atoms with Gasteiger partial charge in [0.1, 0.15) is 11.3 Å². The van der Waals surface area contributed by atoms with Crippen LogP contribution >= 0.6 is 0 Å². The third-order valence-electron chi connectivity index (χ3n) is 7.91. The van der Waals surface area contributed by atoms with Crippen molar-refractivity contribution in [3.8, 4) is 5.75 Å². The number of anilines is 1. The molecule has 4 rings (SSSR count). The van der Waals surface area contributed by atoms with Crippen molar-refractivity contribution in [3.05, 3.63) is 59.2 Å². The summed E-state index contributed by atoms with van der Waals surface area (Å²) in [7, 11) is 0. The van der Waals surface area contributed by atoms with Gasteiger partial charge in [-0.25, -0.2) is 4.79 Å². The van der Waals surface area contributed by atoms with Crippen molar-refractivity contribution >= 4 is 17.6 Å². The van der Waals surface area contributed by atoms with E-state index in [0.717, 1.165) is 18.4 Å². The van der Waals surface area contributed by atoms with Crippen molar-refractivity contribution in [2.45, 2.75) is 117 Å². The number of cyclic esters (lactones) is 1. The highest BCUT2D eigenvalue weighted by Gasteiger charge is 2.34. The maximum atomic E-state index is 13.6. The van der Waals surface area contributed by atoms with Crippen molar-refractivity contribution in [1.82, 2.24) is 0 Å². The number of fused-ring (bicyclic) bond motifs is 1. The molecule has 1 heterocycles. The number of esters is 1. The van der Waals surface area contributed by atoms with Gasteiger partial charge < -0.3 is 14.4 Å². The SMILES string of the molecule is CCCCCCCCc1ccc(CN(C(=O)CCC2CCCC2)c2ccc3c(c2)C(=O)OC(C)(C)O3)cc1. The monoisotopic (exact) mass is 519 g/mol. The Morgan fingerprint density at radius 2 is 1.61 bits per heavy atom. The fourth-order valence-corrected chi connectivity index (χ4v) is 5.69. The molecule has 0 saturated heterocycles. The van der Waals surface area contributed by atoms with Gasteiger partial charge in [-0.1, -0.05) is 89.0 Å². The van der Waals surface area contributed by atoms with E-state index in [2.05, 4.69) is 31.2 Å². The maximum Gasteiger partial charge on any atom is 0.345 e. The average Bonchev–Trinajstić information content (AvgIpc) is 3.42. The van der Waals surface area contributed by atoms with Gasteiger partial charge >= 0.3 is 5.97 Å². The first kappa shape index (κ1) is 28.2. The second kappa shape index (κ2) is 13.3. The molecule has 1 fully saturated rings. The van der Waals surface area contributed by atoms with Crippen LogP contribution in [0.5, 0.6) is 5.75 Å². The zero-order valence-electron chi connectivity index (χ0n) is 23.6. The van der Waals surface area contributed by atoms with Gasteiger partial charge in [0.2, 0.25) is 11.7 Å². The van der Waals surface area contributed by atoms with Gasteiger partial charge in [-0.2, -0.15) is 0 Å². The van der Waals surface area contributed by atoms with Crippen LogP contribution in [0, 0.1) is 5.92 Å². The molecule has 0 bridgehead atoms. The van der Waals surface area contributed by atoms with Gasteiger partial charge in [0.25, 0.3) is 0 Å². The third-order valence-corrected chi connectivity index (χ3v) is 7.91. The molecular formula is C33H45NO4. The second-order valence-corrected chi connectivity index (χ2v) is 11.6. The number of unbranched alkanes of at least 4 members (excludes halogenated alkanes) is 5. The quantitative estimate of drug-likeness (QED) is 0.197. The predicted molar refractivity (Wildman–Crippen MR) is 152 cm³/mol. The Bertz CT molecular complexity index is 1070. The molecule has 0 unspecified atom stereocenters. The Hall–Kier alpha value is -2.82. The van der Waals surface area contributed by atoms with E-state index < -0.39 is 11.8 Å². The molecule has 1 saturated carbocycles. The minimum absolute atomic E-state index is 0.0958. The van der Waals surface area contributed by atoms with Crippen LogP contribution in [0.3, 0.4) is 0 Å². The number of amides is 1. The molecule has 5 nitrogen and oxygen atoms in total. The van der Waals surface area contributed by atoms with E-state index in [1.807, 2.05) is 11.0 Å². The summed E-state index contributed by atoms with van der Waals surface area (Å²) in [5.41, 5.74) is 3.50. The van der Waals surface area contributed by atoms with Crippen molar-refractivity contribution in [1.29, 1.82) is 0 Å². The summed E-state index contributed by atoms with van der Waals surface area (Å²) in [6.07, 6.45) is 15.3. The number of rotatable bonds is 13. The van der Waals surface area contributed by atoms with Gasteiger partial charge in [0, 0.05) is 26.0 Å². The molecule has 38 heavy (non-hydrogen) atoms. The number of hydrogen-bond donors (Lipinski definition) is 0. The number of carbonyl (C=O) groups excluding carboxylic acids is 2. The van der Waals surface area contributed by atoms with E-state index in [9.17, 15) is 9.59 Å². The number of carbonyl (C=O) groups is 2. The summed E-state index contributed by atoms with van der Waals surface area (Å²) in [6.45, 7) is 6.16. The molecule has 206 valence electrons. The fourth-order valence-electron chi connectivity index (χ4n) is 5.69. The van der Waals surface area contributed by atoms with E-state index in [4.69, 9.17) is 9.47 Å². The summed E-state index contributed by atoms with van der Waals surface area (Å²) in [5, 5.41) is 0. The average molecular weight is 520 g/mol. The van der Waals surface area contributed by atoms with Gasteiger partial charge in [-0.15, -0.1) is 0 Å². The van der Waals surface area contributed by atoms with Gasteiger partial charge in [0.05, 0.1) is 6.54 Å². The van der Waals surface area contributed by atoms with Crippen LogP contribution in [0.15, 0.2) is 42.5 Å². The summed E-state index contributed by atoms with van der Waals surface area (Å²) in [5.74, 6) is -0.183. The van der Waals surface area contributed by atoms with E-state index in [1.54, 1.807) is 26.0 Å². The Morgan fingerprint density at radius 3 is 2.34 bits per heavy atom. The summed E-state index contributed by atoms with van der Waals surface area (Å²) >= 11 is 0. The van der Waals surface area contributed by atoms with Gasteiger partial charge in [0.15, 0.2) is 0 Å². The lowest BCUT2D eigenvalue weighted by atomic mass is 10.0. The van der Waals surface area contributed by atoms with E-state index >= 15 is 0 Å². The molecule has 1 amide bonds. The van der Waals surface area contributed by atoms with Crippen LogP contribution in [0.1, 0.15) is 119 Å². The minimum atomic E-state index is -1.00. The predicted octanol–water partition coefficient (Wildman–Crippen LogP) is 8.38. The van der Waals surface area contributed by atoms with Crippen LogP contribution < -0.4 is 9.64 Å². The second-order valence-electron chi connectivity index (χ2n) is 11.6. The zero-order valence-corrected chi connectivity index (χ0v) is 23.6. The highest BCUT2D eigenvalue weighted by atomic mass is 16.7. The van der Waals surface area contributed by atoms with Crippen LogP contribution in [0.2, 0.25) is 0 Å². The highest BCUT2D eigenvalue weighted by Crippen LogP contribution is 2.35. The Labute approximate surface area is 228 Å². The molecule has 2 aromatic carbocycles. The lowest BCUT2D eigenvalue weighted by Gasteiger charge is -2.32. The van der Waals surface area contributed by atoms with Crippen molar-refractivity contribution in [2.24, 2.45) is 5.92 Å². The van der Waals surface area contributed by atoms with Crippen LogP contribution in [-0.2, 0) is 22.5 Å². The number of nitrogens with zero attached hydrogens (tertiary/aromatic N) is 1. The number of hydrogen-bond acceptors (Lipinski definition) is 4. The number of benzene rings is 2. The minimum Gasteiger partial charge on any atom is -0.452 e. The highest BCUT2D eigenvalue weighted by molar-refractivity contribution is 5.98. The molecule has 0 N–H and O–H groups in total. The number of aryl methyl sites for hydroxylation is 1. The first-order valence-corrected chi connectivity index (χ1v) is 14.8. The lowest BCUT2D eigenvalue weighted by Crippen LogP contribution is -2.39. The Balaban J connectivity index is 1.45. The number of ether oxygens (including phenoxy) is 2. The van der Waals surface area contributed by atoms with E-state index in [0.29, 0.717) is 35.9 Å². The Kier molecular flexibility index (Phi) is 9.87. The summed E-state index contributed by atoms with van der Waals surface area (Å²) in [6, 6.07) is 14.1. The fraction of sp³-hybridized carbons (Fsp3) is 0.576. The van der Waals surface area contributed by atoms with Gasteiger partial charge in [-0.3, -0.25) is 4.79 Å². The van der Waals surface area contributed by atoms with Crippen LogP contribution in [0.4, 0.5) is 5.69 Å². The van der Waals surface area contributed by atoms with Crippen molar-refractivity contribution in [2.75, 3.05) is 4.90 Å². The molecular weight excluding hydrogens is 474 g/mol. The molecule has 0 radical (unpaired) electrons. The molecule has 0 aromatic heterocycles. The molecule has 2 aromatic rings. The normalized spacial score (nSPS) is 16.6. The first-order chi connectivity index (χ1) is 18.3. The lowest BCUT2D eigenvalue weighted by molar-refractivity contribution is -0.127. The zero-order chi connectivity index (χ0) is 27.0. The molecule has 0 atom stereocenters. The third kappa shape index (κ3) is 7.85. The standard InChI is InChI=1S/C33H45NO4/c1-4-5-6-7-8-9-12-26-15-17-27(18-16-26)24-34(31(35)22-19-25-13-10-11-14-25)28-20-21-30-29(23-28)32(36)38-33(2,3)37-30/h15-18,20-21,23,25H,4-14,19,22,24H2,1-3H3. The molecule has 2 aliphatic rings. The smallest absolute Gasteiger partial charge is 0.345 e. The maximum absolute atomic E-state index is 13.6. The summed E-state index contributed by atoms with van der Waals surface area (Å²) in [4.78, 5) is 28.1. The van der Waals surface area contributed by atoms with Crippen molar-refractivity contribution in [3.63, 3.8) is 0 Å². The first-order valence-electron chi connectivity index (χ1n) is 14.8. The largest absolute Gasteiger partial charge is 0.452 e. The van der Waals surface area contributed by atoms with Crippen LogP contribution in [0.25, 0.3) is 0 Å². The molecule has 1 aliphatic heterocycles. The summed E-state index contributed by atoms with van der Waals surface area (Å²) < 4.78 is 11.3.